The lowest BCUT2D eigenvalue weighted by Crippen LogP contribution is -2.38. The number of nitrogens with one attached hydrogen (secondary N) is 2. The molecule has 0 bridgehead atoms. The third kappa shape index (κ3) is 5.58. The van der Waals surface area contributed by atoms with Crippen molar-refractivity contribution in [3.05, 3.63) is 29.1 Å². The molecule has 1 aromatic rings. The second kappa shape index (κ2) is 9.62. The van der Waals surface area contributed by atoms with E-state index < -0.39 is 0 Å². The second-order valence-electron chi connectivity index (χ2n) is 5.09. The third-order valence-electron chi connectivity index (χ3n) is 3.35. The van der Waals surface area contributed by atoms with Crippen LogP contribution >= 0.6 is 11.8 Å². The van der Waals surface area contributed by atoms with Gasteiger partial charge in [-0.05, 0) is 37.3 Å². The van der Waals surface area contributed by atoms with Crippen LogP contribution in [0, 0.1) is 5.82 Å². The van der Waals surface area contributed by atoms with Crippen LogP contribution in [0.25, 0.3) is 0 Å². The molecule has 1 aliphatic heterocycles. The molecule has 0 saturated heterocycles. The summed E-state index contributed by atoms with van der Waals surface area (Å²) in [5, 5.41) is 6.48. The van der Waals surface area contributed by atoms with Gasteiger partial charge in [0.15, 0.2) is 12.8 Å². The monoisotopic (exact) mass is 341 g/mol. The van der Waals surface area contributed by atoms with Gasteiger partial charge in [0.25, 0.3) is 0 Å². The topological polar surface area (TPSA) is 54.9 Å². The first kappa shape index (κ1) is 17.9. The van der Waals surface area contributed by atoms with E-state index in [-0.39, 0.29) is 12.6 Å². The predicted molar refractivity (Wildman–Crippen MR) is 92.8 cm³/mol. The zero-order chi connectivity index (χ0) is 16.5. The maximum atomic E-state index is 13.7. The summed E-state index contributed by atoms with van der Waals surface area (Å²) < 4.78 is 24.4. The van der Waals surface area contributed by atoms with Crippen LogP contribution in [0.15, 0.2) is 17.1 Å². The Morgan fingerprint density at radius 3 is 3.04 bits per heavy atom. The van der Waals surface area contributed by atoms with E-state index in [1.165, 1.54) is 12.1 Å². The first-order valence-electron chi connectivity index (χ1n) is 7.77. The fourth-order valence-corrected chi connectivity index (χ4v) is 2.62. The van der Waals surface area contributed by atoms with Gasteiger partial charge in [0.2, 0.25) is 0 Å². The molecule has 0 aromatic heterocycles. The summed E-state index contributed by atoms with van der Waals surface area (Å²) in [7, 11) is 0. The normalized spacial score (nSPS) is 14.1. The van der Waals surface area contributed by atoms with Gasteiger partial charge in [-0.2, -0.15) is 11.8 Å². The molecule has 1 heterocycles. The summed E-state index contributed by atoms with van der Waals surface area (Å²) in [5.74, 6) is 2.27. The standard InChI is InChI=1S/C16H24FN3O2S/c1-3-18-16(20-6-7-23-2)19-5-4-12-8-14(17)9-13-10-21-11-22-15(12)13/h8-9H,3-7,10-11H2,1-2H3,(H2,18,19,20). The van der Waals surface area contributed by atoms with Gasteiger partial charge in [-0.3, -0.25) is 4.99 Å². The molecule has 128 valence electrons. The highest BCUT2D eigenvalue weighted by Gasteiger charge is 2.16. The summed E-state index contributed by atoms with van der Waals surface area (Å²) >= 11 is 1.77. The minimum absolute atomic E-state index is 0.220. The molecular formula is C16H24FN3O2S. The molecule has 0 unspecified atom stereocenters. The van der Waals surface area contributed by atoms with Crippen molar-refractivity contribution in [2.24, 2.45) is 4.99 Å². The van der Waals surface area contributed by atoms with Crippen LogP contribution in [0.4, 0.5) is 4.39 Å². The van der Waals surface area contributed by atoms with E-state index in [2.05, 4.69) is 21.9 Å². The van der Waals surface area contributed by atoms with Gasteiger partial charge in [-0.15, -0.1) is 0 Å². The van der Waals surface area contributed by atoms with Crippen LogP contribution in [-0.2, 0) is 17.8 Å². The van der Waals surface area contributed by atoms with E-state index in [0.29, 0.717) is 19.6 Å². The summed E-state index contributed by atoms with van der Waals surface area (Å²) in [6.45, 7) is 4.88. The highest BCUT2D eigenvalue weighted by molar-refractivity contribution is 7.98. The third-order valence-corrected chi connectivity index (χ3v) is 3.94. The summed E-state index contributed by atoms with van der Waals surface area (Å²) in [4.78, 5) is 4.49. The number of rotatable bonds is 7. The minimum atomic E-state index is -0.256. The van der Waals surface area contributed by atoms with E-state index in [0.717, 1.165) is 41.7 Å². The highest BCUT2D eigenvalue weighted by Crippen LogP contribution is 2.29. The molecule has 0 saturated carbocycles. The lowest BCUT2D eigenvalue weighted by molar-refractivity contribution is -0.0172. The molecule has 0 spiro atoms. The maximum absolute atomic E-state index is 13.7. The number of guanidine groups is 1. The molecule has 7 heteroatoms. The SMILES string of the molecule is CCNC(=NCCSC)NCCc1cc(F)cc2c1OCOC2. The average molecular weight is 341 g/mol. The Kier molecular flexibility index (Phi) is 7.48. The number of nitrogens with zero attached hydrogens (tertiary/aromatic N) is 1. The average Bonchev–Trinajstić information content (AvgIpc) is 2.55. The number of benzene rings is 1. The smallest absolute Gasteiger partial charge is 0.191 e. The number of halogens is 1. The van der Waals surface area contributed by atoms with Crippen molar-refractivity contribution in [3.63, 3.8) is 0 Å². The van der Waals surface area contributed by atoms with Gasteiger partial charge in [-0.25, -0.2) is 4.39 Å². The fraction of sp³-hybridized carbons (Fsp3) is 0.562. The van der Waals surface area contributed by atoms with Crippen molar-refractivity contribution < 1.29 is 13.9 Å². The van der Waals surface area contributed by atoms with Gasteiger partial charge in [0.05, 0.1) is 13.2 Å². The molecule has 0 atom stereocenters. The van der Waals surface area contributed by atoms with Gasteiger partial charge in [0.1, 0.15) is 11.6 Å². The van der Waals surface area contributed by atoms with Gasteiger partial charge < -0.3 is 20.1 Å². The van der Waals surface area contributed by atoms with Crippen LogP contribution in [-0.4, -0.2) is 44.4 Å². The van der Waals surface area contributed by atoms with E-state index in [4.69, 9.17) is 9.47 Å². The number of fused-ring (bicyclic) bond motifs is 1. The minimum Gasteiger partial charge on any atom is -0.467 e. The molecular weight excluding hydrogens is 317 g/mol. The largest absolute Gasteiger partial charge is 0.467 e. The summed E-state index contributed by atoms with van der Waals surface area (Å²) in [6.07, 6.45) is 2.72. The Labute approximate surface area is 141 Å². The molecule has 1 aromatic carbocycles. The Bertz CT molecular complexity index is 540. The van der Waals surface area contributed by atoms with E-state index >= 15 is 0 Å². The number of ether oxygens (including phenoxy) is 2. The maximum Gasteiger partial charge on any atom is 0.191 e. The van der Waals surface area contributed by atoms with Crippen LogP contribution in [0.3, 0.4) is 0 Å². The molecule has 2 N–H and O–H groups in total. The first-order valence-corrected chi connectivity index (χ1v) is 9.17. The Balaban J connectivity index is 1.94. The second-order valence-corrected chi connectivity index (χ2v) is 6.08. The lowest BCUT2D eigenvalue weighted by Gasteiger charge is -2.21. The quantitative estimate of drug-likeness (QED) is 0.452. The van der Waals surface area contributed by atoms with Crippen LogP contribution < -0.4 is 15.4 Å². The number of hydrogen-bond acceptors (Lipinski definition) is 4. The molecule has 23 heavy (non-hydrogen) atoms. The van der Waals surface area contributed by atoms with Crippen LogP contribution in [0.2, 0.25) is 0 Å². The Hall–Kier alpha value is -1.47. The van der Waals surface area contributed by atoms with Crippen molar-refractivity contribution in [1.82, 2.24) is 10.6 Å². The van der Waals surface area contributed by atoms with Crippen molar-refractivity contribution in [1.29, 1.82) is 0 Å². The summed E-state index contributed by atoms with van der Waals surface area (Å²) in [6, 6.07) is 3.00. The first-order chi connectivity index (χ1) is 11.2. The Morgan fingerprint density at radius 2 is 2.26 bits per heavy atom. The van der Waals surface area contributed by atoms with Crippen molar-refractivity contribution in [2.45, 2.75) is 20.0 Å². The summed E-state index contributed by atoms with van der Waals surface area (Å²) in [5.41, 5.74) is 1.63. The van der Waals surface area contributed by atoms with Crippen molar-refractivity contribution in [2.75, 3.05) is 38.4 Å². The van der Waals surface area contributed by atoms with E-state index in [1.54, 1.807) is 11.8 Å². The zero-order valence-electron chi connectivity index (χ0n) is 13.7. The van der Waals surface area contributed by atoms with Crippen molar-refractivity contribution in [3.8, 4) is 5.75 Å². The molecule has 0 radical (unpaired) electrons. The number of aliphatic imine (C=N–C) groups is 1. The van der Waals surface area contributed by atoms with E-state index in [1.807, 2.05) is 6.92 Å². The molecule has 2 rings (SSSR count). The zero-order valence-corrected chi connectivity index (χ0v) is 14.5. The molecule has 0 fully saturated rings. The Morgan fingerprint density at radius 1 is 1.39 bits per heavy atom. The fourth-order valence-electron chi connectivity index (χ4n) is 2.35. The van der Waals surface area contributed by atoms with Gasteiger partial charge >= 0.3 is 0 Å². The molecule has 5 nitrogen and oxygen atoms in total. The number of thioether (sulfide) groups is 1. The van der Waals surface area contributed by atoms with Gasteiger partial charge in [0, 0.05) is 24.4 Å². The van der Waals surface area contributed by atoms with Crippen LogP contribution in [0.5, 0.6) is 5.75 Å². The van der Waals surface area contributed by atoms with Crippen LogP contribution in [0.1, 0.15) is 18.1 Å². The predicted octanol–water partition coefficient (Wildman–Crippen LogP) is 2.15. The van der Waals surface area contributed by atoms with E-state index in [9.17, 15) is 4.39 Å². The molecule has 0 amide bonds. The molecule has 1 aliphatic rings. The van der Waals surface area contributed by atoms with Crippen molar-refractivity contribution >= 4 is 17.7 Å². The van der Waals surface area contributed by atoms with Gasteiger partial charge in [-0.1, -0.05) is 0 Å². The lowest BCUT2D eigenvalue weighted by atomic mass is 10.1. The molecule has 0 aliphatic carbocycles. The highest BCUT2D eigenvalue weighted by atomic mass is 32.2. The number of hydrogen-bond donors (Lipinski definition) is 2.